The van der Waals surface area contributed by atoms with Crippen LogP contribution in [0.15, 0.2) is 53.7 Å². The molecule has 36 heavy (non-hydrogen) atoms. The van der Waals surface area contributed by atoms with Crippen LogP contribution < -0.4 is 10.1 Å². The Bertz CT molecular complexity index is 1260. The number of phenolic OH excluding ortho intramolecular Hbond substituents is 1. The summed E-state index contributed by atoms with van der Waals surface area (Å²) in [5, 5.41) is 27.1. The van der Waals surface area contributed by atoms with Crippen LogP contribution in [0.3, 0.4) is 0 Å². The van der Waals surface area contributed by atoms with E-state index in [9.17, 15) is 24.2 Å². The lowest BCUT2D eigenvalue weighted by Crippen LogP contribution is -2.37. The first-order chi connectivity index (χ1) is 17.2. The Labute approximate surface area is 209 Å². The number of aliphatic carboxylic acids is 1. The van der Waals surface area contributed by atoms with Crippen molar-refractivity contribution in [3.8, 4) is 22.8 Å². The molecule has 0 unspecified atom stereocenters. The van der Waals surface area contributed by atoms with Gasteiger partial charge in [-0.2, -0.15) is 9.49 Å². The molecule has 0 bridgehead atoms. The van der Waals surface area contributed by atoms with Crippen LogP contribution in [0.2, 0.25) is 0 Å². The highest BCUT2D eigenvalue weighted by molar-refractivity contribution is 5.95. The van der Waals surface area contributed by atoms with Gasteiger partial charge in [-0.05, 0) is 60.6 Å². The zero-order valence-corrected chi connectivity index (χ0v) is 20.5. The molecule has 0 aliphatic heterocycles. The molecule has 1 aromatic carbocycles. The minimum atomic E-state index is -1.02. The maximum absolute atomic E-state index is 13.5. The first-order valence-corrected chi connectivity index (χ1v) is 11.9. The molecule has 8 nitrogen and oxygen atoms in total. The van der Waals surface area contributed by atoms with Crippen molar-refractivity contribution in [3.05, 3.63) is 59.4 Å². The molecule has 1 amide bonds. The number of nitrogens with zero attached hydrogens (tertiary/aromatic N) is 2. The fourth-order valence-corrected chi connectivity index (χ4v) is 3.79. The monoisotopic (exact) mass is 495 g/mol. The molecule has 1 aliphatic carbocycles. The number of ether oxygens (including phenoxy) is 1. The van der Waals surface area contributed by atoms with E-state index >= 15 is 0 Å². The van der Waals surface area contributed by atoms with Gasteiger partial charge in [0.25, 0.3) is 5.91 Å². The van der Waals surface area contributed by atoms with Gasteiger partial charge < -0.3 is 20.3 Å². The number of aromatic hydroxyl groups is 1. The number of carbonyl (C=O) groups is 2. The van der Waals surface area contributed by atoms with Crippen molar-refractivity contribution in [3.63, 3.8) is 0 Å². The molecular formula is C27H30FN3O5. The smallest absolute Gasteiger partial charge is 0.305 e. The molecule has 0 radical (unpaired) electrons. The van der Waals surface area contributed by atoms with E-state index in [0.717, 1.165) is 12.8 Å². The van der Waals surface area contributed by atoms with Gasteiger partial charge in [0.05, 0.1) is 24.3 Å². The van der Waals surface area contributed by atoms with Crippen LogP contribution in [-0.2, 0) is 4.79 Å². The summed E-state index contributed by atoms with van der Waals surface area (Å²) in [4.78, 5) is 24.4. The Morgan fingerprint density at radius 3 is 2.67 bits per heavy atom. The van der Waals surface area contributed by atoms with Gasteiger partial charge in [0.2, 0.25) is 0 Å². The van der Waals surface area contributed by atoms with E-state index < -0.39 is 23.7 Å². The van der Waals surface area contributed by atoms with Gasteiger partial charge in [0.1, 0.15) is 17.2 Å². The highest BCUT2D eigenvalue weighted by atomic mass is 19.1. The molecule has 2 aromatic rings. The van der Waals surface area contributed by atoms with E-state index in [1.54, 1.807) is 12.1 Å². The van der Waals surface area contributed by atoms with Crippen molar-refractivity contribution in [1.29, 1.82) is 0 Å². The predicted molar refractivity (Wildman–Crippen MR) is 133 cm³/mol. The summed E-state index contributed by atoms with van der Waals surface area (Å²) in [6.45, 7) is 6.33. The summed E-state index contributed by atoms with van der Waals surface area (Å²) in [5.74, 6) is -1.74. The molecule has 3 rings (SSSR count). The maximum atomic E-state index is 13.5. The average molecular weight is 496 g/mol. The minimum Gasteiger partial charge on any atom is -0.507 e. The number of halogens is 1. The molecule has 1 aliphatic rings. The number of hydrogen-bond acceptors (Lipinski definition) is 5. The molecule has 0 saturated carbocycles. The Morgan fingerprint density at radius 1 is 1.25 bits per heavy atom. The number of carboxylic acids is 1. The van der Waals surface area contributed by atoms with Crippen LogP contribution in [0.5, 0.6) is 11.5 Å². The van der Waals surface area contributed by atoms with Gasteiger partial charge in [0.15, 0.2) is 11.5 Å². The van der Waals surface area contributed by atoms with Gasteiger partial charge in [-0.3, -0.25) is 9.59 Å². The molecule has 9 heteroatoms. The van der Waals surface area contributed by atoms with E-state index in [1.807, 2.05) is 20.8 Å². The van der Waals surface area contributed by atoms with Gasteiger partial charge in [-0.1, -0.05) is 33.3 Å². The first-order valence-electron chi connectivity index (χ1n) is 11.9. The lowest BCUT2D eigenvalue weighted by molar-refractivity contribution is -0.137. The summed E-state index contributed by atoms with van der Waals surface area (Å²) < 4.78 is 20.8. The molecular weight excluding hydrogens is 465 g/mol. The zero-order chi connectivity index (χ0) is 26.2. The van der Waals surface area contributed by atoms with Crippen LogP contribution in [0.1, 0.15) is 56.9 Å². The number of allylic oxidation sites excluding steroid dienone is 4. The number of amides is 1. The molecule has 0 fully saturated rings. The normalized spacial score (nSPS) is 13.4. The summed E-state index contributed by atoms with van der Waals surface area (Å²) in [5.41, 5.74) is 5.92. The van der Waals surface area contributed by atoms with Crippen molar-refractivity contribution in [1.82, 2.24) is 15.1 Å². The van der Waals surface area contributed by atoms with E-state index in [1.165, 1.54) is 29.0 Å². The fraction of sp³-hybridized carbons (Fsp3) is 0.370. The molecule has 0 saturated heterocycles. The lowest BCUT2D eigenvalue weighted by Gasteiger charge is -2.18. The van der Waals surface area contributed by atoms with E-state index in [4.69, 9.17) is 4.74 Å². The van der Waals surface area contributed by atoms with E-state index in [0.29, 0.717) is 30.0 Å². The fourth-order valence-electron chi connectivity index (χ4n) is 3.79. The van der Waals surface area contributed by atoms with Crippen LogP contribution >= 0.6 is 0 Å². The first kappa shape index (κ1) is 26.5. The molecule has 190 valence electrons. The summed E-state index contributed by atoms with van der Waals surface area (Å²) in [6, 6.07) is 5.72. The Hall–Kier alpha value is -4.06. The number of nitrogens with one attached hydrogen (secondary N) is 1. The van der Waals surface area contributed by atoms with Gasteiger partial charge in [0, 0.05) is 6.04 Å². The largest absolute Gasteiger partial charge is 0.507 e. The number of rotatable bonds is 12. The van der Waals surface area contributed by atoms with Crippen LogP contribution in [0.25, 0.3) is 17.0 Å². The third kappa shape index (κ3) is 6.75. The van der Waals surface area contributed by atoms with Crippen molar-refractivity contribution in [2.75, 3.05) is 6.61 Å². The van der Waals surface area contributed by atoms with Crippen LogP contribution in [-0.4, -0.2) is 44.5 Å². The molecule has 1 heterocycles. The lowest BCUT2D eigenvalue weighted by atomic mass is 10.0. The Kier molecular flexibility index (Phi) is 8.90. The summed E-state index contributed by atoms with van der Waals surface area (Å²) in [7, 11) is 0. The Morgan fingerprint density at radius 2 is 2.03 bits per heavy atom. The number of carboxylic acid groups (broad SMARTS) is 1. The third-order valence-electron chi connectivity index (χ3n) is 5.40. The standard InChI is InChI=1S/C27H30FN3O5/c1-4-5-13-36-24-8-6-7-23(32)26(24)22-16-21(30-31(22)20-11-9-18(28)10-12-20)27(35)29-19(14-17(2)3)15-25(33)34/h6-9,11,16-17,19,32H,4-5,13-15H2,1-3H3,(H,29,35)(H,33,34)/t19-/m0/s1. The number of unbranched alkanes of at least 4 members (excludes halogenated alkanes) is 1. The minimum absolute atomic E-state index is 0.00960. The highest BCUT2D eigenvalue weighted by Gasteiger charge is 2.25. The number of carbonyl (C=O) groups excluding carboxylic acids is 1. The second-order valence-corrected chi connectivity index (χ2v) is 8.89. The number of aromatic nitrogens is 2. The van der Waals surface area contributed by atoms with Crippen molar-refractivity contribution in [2.45, 2.75) is 52.5 Å². The van der Waals surface area contributed by atoms with Crippen LogP contribution in [0.4, 0.5) is 4.39 Å². The van der Waals surface area contributed by atoms with Crippen LogP contribution in [0, 0.1) is 5.92 Å². The Balaban J connectivity index is 2.08. The molecule has 1 aromatic heterocycles. The zero-order valence-electron chi connectivity index (χ0n) is 20.5. The summed E-state index contributed by atoms with van der Waals surface area (Å²) in [6.07, 6.45) is 4.59. The average Bonchev–Trinajstić information content (AvgIpc) is 3.24. The SMILES string of the molecule is CCCCOc1cccc(O)c1-c1cc(C(=O)N[C@H](CC(=O)O)CC(C)C)nn1C1=C=C=C(F)C=C1. The molecule has 3 N–H and O–H groups in total. The molecule has 1 atom stereocenters. The van der Waals surface area contributed by atoms with E-state index in [2.05, 4.69) is 21.9 Å². The predicted octanol–water partition coefficient (Wildman–Crippen LogP) is 5.07. The van der Waals surface area contributed by atoms with Gasteiger partial charge in [-0.15, -0.1) is 0 Å². The maximum Gasteiger partial charge on any atom is 0.305 e. The third-order valence-corrected chi connectivity index (χ3v) is 5.40. The van der Waals surface area contributed by atoms with E-state index in [-0.39, 0.29) is 29.5 Å². The second-order valence-electron chi connectivity index (χ2n) is 8.89. The quantitative estimate of drug-likeness (QED) is 0.280. The highest BCUT2D eigenvalue weighted by Crippen LogP contribution is 2.39. The van der Waals surface area contributed by atoms with Crippen molar-refractivity contribution >= 4 is 17.6 Å². The second kappa shape index (κ2) is 12.1. The molecule has 0 spiro atoms. The number of benzene rings is 1. The topological polar surface area (TPSA) is 114 Å². The van der Waals surface area contributed by atoms with Crippen molar-refractivity contribution < 1.29 is 28.9 Å². The van der Waals surface area contributed by atoms with Crippen molar-refractivity contribution in [2.24, 2.45) is 5.92 Å². The number of phenols is 1. The number of hydrogen-bond donors (Lipinski definition) is 3. The summed E-state index contributed by atoms with van der Waals surface area (Å²) >= 11 is 0. The van der Waals surface area contributed by atoms with Gasteiger partial charge in [-0.25, -0.2) is 4.68 Å². The van der Waals surface area contributed by atoms with Gasteiger partial charge >= 0.3 is 5.97 Å².